The van der Waals surface area contributed by atoms with Crippen LogP contribution in [0.1, 0.15) is 11.1 Å². The molecule has 0 bridgehead atoms. The summed E-state index contributed by atoms with van der Waals surface area (Å²) in [5.41, 5.74) is 1.29. The molecule has 2 rings (SSSR count). The molecule has 0 radical (unpaired) electrons. The molecule has 0 aliphatic heterocycles. The number of nitrogens with one attached hydrogen (secondary N) is 1. The second-order valence-corrected chi connectivity index (χ2v) is 4.43. The van der Waals surface area contributed by atoms with Crippen LogP contribution in [0.3, 0.4) is 0 Å². The largest absolute Gasteiger partial charge is 0.312 e. The Morgan fingerprint density at radius 1 is 0.800 bits per heavy atom. The molecule has 0 aromatic heterocycles. The van der Waals surface area contributed by atoms with Gasteiger partial charge in [0.25, 0.3) is 0 Å². The molecule has 0 unspecified atom stereocenters. The monoisotopic (exact) mass is 283 g/mol. The maximum atomic E-state index is 13.0. The van der Waals surface area contributed by atoms with Crippen molar-refractivity contribution in [1.29, 1.82) is 0 Å². The van der Waals surface area contributed by atoms with E-state index in [2.05, 4.69) is 5.32 Å². The minimum atomic E-state index is -1.46. The smallest absolute Gasteiger partial charge is 0.194 e. The second kappa shape index (κ2) is 6.52. The van der Waals surface area contributed by atoms with Crippen LogP contribution in [0.15, 0.2) is 36.4 Å². The minimum Gasteiger partial charge on any atom is -0.312 e. The molecule has 106 valence electrons. The normalized spacial score (nSPS) is 10.8. The van der Waals surface area contributed by atoms with Crippen molar-refractivity contribution in [2.24, 2.45) is 0 Å². The van der Waals surface area contributed by atoms with E-state index in [9.17, 15) is 17.6 Å². The van der Waals surface area contributed by atoms with Gasteiger partial charge in [-0.3, -0.25) is 0 Å². The first-order valence-corrected chi connectivity index (χ1v) is 6.15. The highest BCUT2D eigenvalue weighted by Gasteiger charge is 2.09. The first-order chi connectivity index (χ1) is 9.56. The lowest BCUT2D eigenvalue weighted by atomic mass is 10.1. The van der Waals surface area contributed by atoms with Crippen molar-refractivity contribution in [3.8, 4) is 0 Å². The number of benzene rings is 2. The molecule has 0 atom stereocenters. The summed E-state index contributed by atoms with van der Waals surface area (Å²) in [5.74, 6) is -4.14. The third kappa shape index (κ3) is 3.81. The van der Waals surface area contributed by atoms with Crippen molar-refractivity contribution in [3.63, 3.8) is 0 Å². The molecule has 2 aromatic rings. The van der Waals surface area contributed by atoms with Gasteiger partial charge in [0.05, 0.1) is 0 Å². The summed E-state index contributed by atoms with van der Waals surface area (Å²) < 4.78 is 51.4. The van der Waals surface area contributed by atoms with Crippen LogP contribution in [0.5, 0.6) is 0 Å². The van der Waals surface area contributed by atoms with Gasteiger partial charge in [0, 0.05) is 6.54 Å². The van der Waals surface area contributed by atoms with Crippen LogP contribution in [0.25, 0.3) is 0 Å². The highest BCUT2D eigenvalue weighted by molar-refractivity contribution is 5.19. The fraction of sp³-hybridized carbons (Fsp3) is 0.200. The number of hydrogen-bond donors (Lipinski definition) is 1. The lowest BCUT2D eigenvalue weighted by molar-refractivity contribution is 0.444. The average molecular weight is 283 g/mol. The van der Waals surface area contributed by atoms with Gasteiger partial charge < -0.3 is 5.32 Å². The Morgan fingerprint density at radius 3 is 2.00 bits per heavy atom. The Morgan fingerprint density at radius 2 is 1.40 bits per heavy atom. The van der Waals surface area contributed by atoms with E-state index in [1.807, 2.05) is 0 Å². The highest BCUT2D eigenvalue weighted by atomic mass is 19.2. The lowest BCUT2D eigenvalue weighted by Gasteiger charge is -2.06. The zero-order valence-corrected chi connectivity index (χ0v) is 10.6. The first kappa shape index (κ1) is 14.5. The second-order valence-electron chi connectivity index (χ2n) is 4.43. The van der Waals surface area contributed by atoms with E-state index in [1.165, 1.54) is 12.1 Å². The molecule has 0 spiro atoms. The third-order valence-electron chi connectivity index (χ3n) is 2.88. The van der Waals surface area contributed by atoms with E-state index in [0.717, 1.165) is 17.7 Å². The van der Waals surface area contributed by atoms with Crippen molar-refractivity contribution < 1.29 is 17.6 Å². The predicted molar refractivity (Wildman–Crippen MR) is 68.1 cm³/mol. The minimum absolute atomic E-state index is 0.231. The van der Waals surface area contributed by atoms with Gasteiger partial charge in [-0.05, 0) is 48.4 Å². The Labute approximate surface area is 114 Å². The van der Waals surface area contributed by atoms with Crippen LogP contribution in [0, 0.1) is 23.3 Å². The predicted octanol–water partition coefficient (Wildman–Crippen LogP) is 3.58. The number of halogens is 4. The van der Waals surface area contributed by atoms with Crippen molar-refractivity contribution in [2.75, 3.05) is 6.54 Å². The van der Waals surface area contributed by atoms with Crippen LogP contribution in [0.2, 0.25) is 0 Å². The molecular formula is C15H13F4N. The van der Waals surface area contributed by atoms with E-state index >= 15 is 0 Å². The lowest BCUT2D eigenvalue weighted by Crippen LogP contribution is -2.17. The van der Waals surface area contributed by atoms with Crippen molar-refractivity contribution in [1.82, 2.24) is 5.32 Å². The molecule has 0 amide bonds. The molecule has 5 heteroatoms. The van der Waals surface area contributed by atoms with Crippen LogP contribution in [-0.2, 0) is 13.0 Å². The number of hydrogen-bond acceptors (Lipinski definition) is 1. The van der Waals surface area contributed by atoms with Gasteiger partial charge in [0.15, 0.2) is 17.5 Å². The molecule has 0 heterocycles. The Kier molecular flexibility index (Phi) is 4.74. The summed E-state index contributed by atoms with van der Waals surface area (Å²) in [6.45, 7) is 0.793. The molecule has 2 aromatic carbocycles. The van der Waals surface area contributed by atoms with E-state index in [-0.39, 0.29) is 12.4 Å². The maximum absolute atomic E-state index is 13.0. The van der Waals surface area contributed by atoms with Crippen molar-refractivity contribution in [3.05, 3.63) is 70.8 Å². The van der Waals surface area contributed by atoms with Crippen LogP contribution in [0.4, 0.5) is 17.6 Å². The molecule has 0 aliphatic carbocycles. The molecule has 0 saturated carbocycles. The summed E-state index contributed by atoms with van der Waals surface area (Å²) in [4.78, 5) is 0. The Bertz CT molecular complexity index is 558. The van der Waals surface area contributed by atoms with E-state index in [1.54, 1.807) is 12.1 Å². The van der Waals surface area contributed by atoms with Gasteiger partial charge in [-0.25, -0.2) is 17.6 Å². The molecule has 1 nitrogen and oxygen atoms in total. The molecule has 0 fully saturated rings. The van der Waals surface area contributed by atoms with E-state index in [0.29, 0.717) is 18.5 Å². The summed E-state index contributed by atoms with van der Waals surface area (Å²) in [5, 5.41) is 2.99. The average Bonchev–Trinajstić information content (AvgIpc) is 2.43. The highest BCUT2D eigenvalue weighted by Crippen LogP contribution is 2.13. The van der Waals surface area contributed by atoms with Gasteiger partial charge >= 0.3 is 0 Å². The van der Waals surface area contributed by atoms with E-state index in [4.69, 9.17) is 0 Å². The summed E-state index contributed by atoms with van der Waals surface area (Å²) in [7, 11) is 0. The first-order valence-electron chi connectivity index (χ1n) is 6.15. The molecule has 0 saturated heterocycles. The zero-order valence-electron chi connectivity index (χ0n) is 10.6. The maximum Gasteiger partial charge on any atom is 0.194 e. The Balaban J connectivity index is 1.83. The van der Waals surface area contributed by atoms with Gasteiger partial charge in [-0.15, -0.1) is 0 Å². The van der Waals surface area contributed by atoms with Crippen LogP contribution >= 0.6 is 0 Å². The quantitative estimate of drug-likeness (QED) is 0.502. The molecule has 20 heavy (non-hydrogen) atoms. The fourth-order valence-electron chi connectivity index (χ4n) is 1.83. The van der Waals surface area contributed by atoms with E-state index < -0.39 is 17.5 Å². The molecule has 1 N–H and O–H groups in total. The fourth-order valence-corrected chi connectivity index (χ4v) is 1.83. The third-order valence-corrected chi connectivity index (χ3v) is 2.88. The van der Waals surface area contributed by atoms with Gasteiger partial charge in [-0.1, -0.05) is 12.1 Å². The zero-order chi connectivity index (χ0) is 14.5. The van der Waals surface area contributed by atoms with Crippen LogP contribution < -0.4 is 5.32 Å². The standard InChI is InChI=1S/C15H13F4N/c16-12-3-1-10(2-4-12)5-6-20-9-11-7-13(17)15(19)14(18)8-11/h1-4,7-8,20H,5-6,9H2. The van der Waals surface area contributed by atoms with Crippen molar-refractivity contribution >= 4 is 0 Å². The SMILES string of the molecule is Fc1ccc(CCNCc2cc(F)c(F)c(F)c2)cc1. The van der Waals surface area contributed by atoms with Gasteiger partial charge in [0.1, 0.15) is 5.82 Å². The summed E-state index contributed by atoms with van der Waals surface area (Å²) in [6.07, 6.45) is 0.659. The topological polar surface area (TPSA) is 12.0 Å². The van der Waals surface area contributed by atoms with Crippen molar-refractivity contribution in [2.45, 2.75) is 13.0 Å². The summed E-state index contributed by atoms with van der Waals surface area (Å²) >= 11 is 0. The Hall–Kier alpha value is -1.88. The van der Waals surface area contributed by atoms with Crippen LogP contribution in [-0.4, -0.2) is 6.54 Å². The van der Waals surface area contributed by atoms with Gasteiger partial charge in [-0.2, -0.15) is 0 Å². The number of rotatable bonds is 5. The molecule has 0 aliphatic rings. The molecular weight excluding hydrogens is 270 g/mol. The summed E-state index contributed by atoms with van der Waals surface area (Å²) in [6, 6.07) is 8.02. The van der Waals surface area contributed by atoms with Gasteiger partial charge in [0.2, 0.25) is 0 Å².